The molecule has 0 radical (unpaired) electrons. The highest BCUT2D eigenvalue weighted by Crippen LogP contribution is 2.08. The Balaban J connectivity index is 4.45. The van der Waals surface area contributed by atoms with Gasteiger partial charge in [0.2, 0.25) is 0 Å². The van der Waals surface area contributed by atoms with Gasteiger partial charge in [-0.2, -0.15) is 0 Å². The molecule has 0 heterocycles. The van der Waals surface area contributed by atoms with Gasteiger partial charge in [-0.05, 0) is 41.8 Å². The summed E-state index contributed by atoms with van der Waals surface area (Å²) in [6.45, 7) is 0. The summed E-state index contributed by atoms with van der Waals surface area (Å²) in [4.78, 5) is 0. The van der Waals surface area contributed by atoms with E-state index in [1.165, 1.54) is 0 Å². The van der Waals surface area contributed by atoms with Crippen LogP contribution in [0.2, 0.25) is 0 Å². The van der Waals surface area contributed by atoms with E-state index in [0.29, 0.717) is 0 Å². The Morgan fingerprint density at radius 1 is 1.57 bits per heavy atom. The molecular weight excluding hydrogens is 185 g/mol. The van der Waals surface area contributed by atoms with Crippen LogP contribution in [0.25, 0.3) is 0 Å². The van der Waals surface area contributed by atoms with Crippen molar-refractivity contribution >= 4 is 47.5 Å². The van der Waals surface area contributed by atoms with Crippen LogP contribution in [0.1, 0.15) is 0 Å². The van der Waals surface area contributed by atoms with E-state index >= 15 is 0 Å². The Morgan fingerprint density at radius 2 is 2.00 bits per heavy atom. The molecule has 0 aliphatic rings. The van der Waals surface area contributed by atoms with Crippen molar-refractivity contribution in [3.63, 3.8) is 0 Å². The fraction of sp³-hybridized carbons (Fsp3) is 1.00. The largest absolute Gasteiger partial charge is 0.257 e. The molecule has 0 N–H and O–H groups in total. The predicted octanol–water partition coefficient (Wildman–Crippen LogP) is 0.933. The molecule has 0 saturated carbocycles. The lowest BCUT2D eigenvalue weighted by Crippen LogP contribution is -1.44. The standard InChI is InChI=1S/CH4NPS4/c1-2-3(4)7(5)6/h7H,1H3. The van der Waals surface area contributed by atoms with E-state index in [0.717, 1.165) is 0 Å². The fourth-order valence-electron chi connectivity index (χ4n) is 0.0730. The van der Waals surface area contributed by atoms with Crippen molar-refractivity contribution in [1.29, 1.82) is 0 Å². The van der Waals surface area contributed by atoms with Crippen LogP contribution in [0.5, 0.6) is 0 Å². The van der Waals surface area contributed by atoms with Gasteiger partial charge in [-0.3, -0.25) is 4.74 Å². The molecule has 0 fully saturated rings. The number of hydrogen-bond donors (Lipinski definition) is 1. The van der Waals surface area contributed by atoms with Crippen molar-refractivity contribution in [3.05, 3.63) is 0 Å². The average molecular weight is 189 g/mol. The third kappa shape index (κ3) is 3.67. The molecule has 0 saturated heterocycles. The molecule has 0 aromatic carbocycles. The second-order valence-corrected chi connectivity index (χ2v) is 10.8. The topological polar surface area (TPSA) is 12.4 Å². The summed E-state index contributed by atoms with van der Waals surface area (Å²) in [6, 6.07) is 0. The van der Waals surface area contributed by atoms with Crippen molar-refractivity contribution < 1.29 is 0 Å². The second-order valence-electron chi connectivity index (χ2n) is 0.691. The quantitative estimate of drug-likeness (QED) is 0.487. The maximum absolute atomic E-state index is 4.78. The molecule has 0 spiro atoms. The Labute approximate surface area is 59.2 Å². The van der Waals surface area contributed by atoms with Crippen molar-refractivity contribution in [1.82, 2.24) is 0 Å². The van der Waals surface area contributed by atoms with Crippen LogP contribution >= 0.6 is 5.69 Å². The minimum absolute atomic E-state index is 0.735. The number of rotatable bonds is 1. The molecule has 1 unspecified atom stereocenters. The number of thiol groups is 1. The van der Waals surface area contributed by atoms with Crippen LogP contribution in [0.15, 0.2) is 4.74 Å². The Hall–Kier alpha value is 1.11. The van der Waals surface area contributed by atoms with Gasteiger partial charge in [0.25, 0.3) is 0 Å². The third-order valence-electron chi connectivity index (χ3n) is 0.311. The van der Waals surface area contributed by atoms with Crippen LogP contribution in [-0.2, 0) is 41.8 Å². The van der Waals surface area contributed by atoms with Gasteiger partial charge in [0.1, 0.15) is 0 Å². The summed E-state index contributed by atoms with van der Waals surface area (Å²) in [5.74, 6) is 0. The Bertz CT molecular complexity index is 176. The van der Waals surface area contributed by atoms with Crippen LogP contribution < -0.4 is 0 Å². The SMILES string of the molecule is CN=P(=S)[SH](=S)=S. The molecule has 1 atom stereocenters. The molecule has 0 aliphatic heterocycles. The van der Waals surface area contributed by atoms with Gasteiger partial charge in [-0.15, -0.1) is 0 Å². The molecule has 0 aromatic heterocycles. The van der Waals surface area contributed by atoms with Gasteiger partial charge >= 0.3 is 0 Å². The van der Waals surface area contributed by atoms with Crippen molar-refractivity contribution in [2.75, 3.05) is 7.05 Å². The third-order valence-corrected chi connectivity index (χ3v) is 8.91. The van der Waals surface area contributed by atoms with Gasteiger partial charge in [-0.1, -0.05) is 0 Å². The van der Waals surface area contributed by atoms with E-state index in [-0.39, 0.29) is 0 Å². The van der Waals surface area contributed by atoms with Crippen molar-refractivity contribution in [3.8, 4) is 0 Å². The van der Waals surface area contributed by atoms with E-state index in [9.17, 15) is 0 Å². The zero-order valence-electron chi connectivity index (χ0n) is 3.57. The molecule has 0 amide bonds. The van der Waals surface area contributed by atoms with Gasteiger partial charge in [0.05, 0.1) is 5.69 Å². The van der Waals surface area contributed by atoms with Crippen LogP contribution in [0, 0.1) is 0 Å². The van der Waals surface area contributed by atoms with Gasteiger partial charge in [0.15, 0.2) is 0 Å². The molecule has 1 nitrogen and oxygen atoms in total. The summed E-state index contributed by atoms with van der Waals surface area (Å²) in [5.41, 5.74) is -0.735. The fourth-order valence-corrected chi connectivity index (χ4v) is 1.97. The van der Waals surface area contributed by atoms with Crippen LogP contribution in [0.4, 0.5) is 0 Å². The molecule has 0 bridgehead atoms. The number of nitrogens with zero attached hydrogens (tertiary/aromatic N) is 1. The first-order valence-corrected chi connectivity index (χ1v) is 7.78. The first-order valence-electron chi connectivity index (χ1n) is 1.39. The highest BCUT2D eigenvalue weighted by atomic mass is 33.4. The van der Waals surface area contributed by atoms with Gasteiger partial charge in [0, 0.05) is 7.05 Å². The maximum atomic E-state index is 4.78. The predicted molar refractivity (Wildman–Crippen MR) is 46.1 cm³/mol. The average Bonchev–Trinajstić information content (AvgIpc) is 1.65. The lowest BCUT2D eigenvalue weighted by atomic mass is 11.6. The van der Waals surface area contributed by atoms with Crippen LogP contribution in [-0.4, -0.2) is 7.05 Å². The smallest absolute Gasteiger partial charge is 0.0982 e. The van der Waals surface area contributed by atoms with E-state index in [1.54, 1.807) is 7.05 Å². The Kier molecular flexibility index (Phi) is 4.68. The molecule has 0 rings (SSSR count). The lowest BCUT2D eigenvalue weighted by molar-refractivity contribution is 1.52. The molecule has 6 heteroatoms. The minimum atomic E-state index is -0.782. The zero-order chi connectivity index (χ0) is 5.86. The second kappa shape index (κ2) is 4.04. The highest BCUT2D eigenvalue weighted by molar-refractivity contribution is 8.78. The summed E-state index contributed by atoms with van der Waals surface area (Å²) in [6.07, 6.45) is 0. The highest BCUT2D eigenvalue weighted by Gasteiger charge is 1.67. The minimum Gasteiger partial charge on any atom is -0.257 e. The first kappa shape index (κ1) is 8.11. The monoisotopic (exact) mass is 189 g/mol. The van der Waals surface area contributed by atoms with Crippen molar-refractivity contribution in [2.24, 2.45) is 4.74 Å². The normalized spacial score (nSPS) is 12.6. The summed E-state index contributed by atoms with van der Waals surface area (Å²) < 4.78 is 3.79. The summed E-state index contributed by atoms with van der Waals surface area (Å²) in [5, 5.41) is 0. The molecular formula is CH4NPS4. The molecule has 0 aromatic rings. The van der Waals surface area contributed by atoms with Gasteiger partial charge < -0.3 is 0 Å². The molecule has 7 heavy (non-hydrogen) atoms. The summed E-state index contributed by atoms with van der Waals surface area (Å²) in [7, 11) is 0.891. The number of hydrogen-bond acceptors (Lipinski definition) is 4. The van der Waals surface area contributed by atoms with E-state index < -0.39 is 13.3 Å². The van der Waals surface area contributed by atoms with E-state index in [1.807, 2.05) is 0 Å². The lowest BCUT2D eigenvalue weighted by Gasteiger charge is -1.70. The molecule has 0 aliphatic carbocycles. The van der Waals surface area contributed by atoms with Crippen molar-refractivity contribution in [2.45, 2.75) is 0 Å². The van der Waals surface area contributed by atoms with E-state index in [4.69, 9.17) is 34.2 Å². The molecule has 42 valence electrons. The van der Waals surface area contributed by atoms with Crippen LogP contribution in [0.3, 0.4) is 0 Å². The van der Waals surface area contributed by atoms with E-state index in [2.05, 4.69) is 4.74 Å². The maximum Gasteiger partial charge on any atom is 0.0982 e. The van der Waals surface area contributed by atoms with Gasteiger partial charge in [-0.25, -0.2) is 0 Å². The zero-order valence-corrected chi connectivity index (χ0v) is 7.80. The Morgan fingerprint density at radius 3 is 2.00 bits per heavy atom. The summed E-state index contributed by atoms with van der Waals surface area (Å²) >= 11 is 14.2. The first-order chi connectivity index (χ1) is 3.18.